The zero-order chi connectivity index (χ0) is 56.4. The van der Waals surface area contributed by atoms with Gasteiger partial charge in [0.15, 0.2) is 6.10 Å². The molecule has 444 valence electrons. The lowest BCUT2D eigenvalue weighted by Gasteiger charge is -2.18. The first-order chi connectivity index (χ1) is 38.5. The molecule has 0 saturated heterocycles. The Labute approximate surface area is 482 Å². The number of ether oxygens (including phenoxy) is 3. The van der Waals surface area contributed by atoms with Crippen LogP contribution in [0.15, 0.2) is 122 Å². The molecule has 1 atom stereocenters. The van der Waals surface area contributed by atoms with Gasteiger partial charge >= 0.3 is 17.9 Å². The first kappa shape index (κ1) is 73.8. The third-order valence-electron chi connectivity index (χ3n) is 13.7. The summed E-state index contributed by atoms with van der Waals surface area (Å²) in [6.07, 6.45) is 90.6. The van der Waals surface area contributed by atoms with Crippen LogP contribution in [0, 0.1) is 0 Å². The lowest BCUT2D eigenvalue weighted by Crippen LogP contribution is -2.30. The minimum absolute atomic E-state index is 0.0845. The lowest BCUT2D eigenvalue weighted by atomic mass is 10.0. The van der Waals surface area contributed by atoms with E-state index in [0.29, 0.717) is 19.3 Å². The molecule has 0 rings (SSSR count). The maximum Gasteiger partial charge on any atom is 0.306 e. The Hall–Kier alpha value is -4.19. The molecule has 78 heavy (non-hydrogen) atoms. The number of carbonyl (C=O) groups is 3. The minimum atomic E-state index is -0.789. The number of rotatable bonds is 58. The van der Waals surface area contributed by atoms with Gasteiger partial charge in [0.25, 0.3) is 0 Å². The van der Waals surface area contributed by atoms with Crippen molar-refractivity contribution in [1.82, 2.24) is 0 Å². The Morgan fingerprint density at radius 3 is 0.782 bits per heavy atom. The molecule has 6 heteroatoms. The molecule has 0 saturated carbocycles. The quantitative estimate of drug-likeness (QED) is 0.0261. The van der Waals surface area contributed by atoms with Crippen LogP contribution in [0.5, 0.6) is 0 Å². The third kappa shape index (κ3) is 62.7. The summed E-state index contributed by atoms with van der Waals surface area (Å²) in [7, 11) is 0. The van der Waals surface area contributed by atoms with Crippen molar-refractivity contribution < 1.29 is 28.6 Å². The van der Waals surface area contributed by atoms with Crippen LogP contribution in [-0.2, 0) is 28.6 Å². The van der Waals surface area contributed by atoms with Crippen LogP contribution in [0.3, 0.4) is 0 Å². The molecular weight excluding hydrogens is 961 g/mol. The molecule has 0 amide bonds. The zero-order valence-electron chi connectivity index (χ0n) is 50.9. The van der Waals surface area contributed by atoms with Gasteiger partial charge < -0.3 is 14.2 Å². The standard InChI is InChI=1S/C72H120O6/c1-4-7-10-13-16-19-22-25-27-29-31-32-33-34-35-36-37-38-39-40-42-43-45-47-50-53-56-59-62-65-71(74)77-68-69(67-76-70(73)64-61-58-55-52-49-24-21-18-15-12-9-6-3)78-72(75)66-63-60-57-54-51-48-46-44-41-30-28-26-23-20-17-14-11-8-5-2/h7-8,10-11,16-17,19-20,25-28,31-32,34-35,37-38,41,44,69H,4-6,9,12-15,18,21-24,29-30,33,36,39-40,42-43,45-68H2,1-3H3/b10-7-,11-8-,19-16-,20-17-,27-25-,28-26-,32-31-,35-34-,38-37-,44-41-. The first-order valence-electron chi connectivity index (χ1n) is 32.5. The number of allylic oxidation sites excluding steroid dienone is 20. The van der Waals surface area contributed by atoms with E-state index in [9.17, 15) is 14.4 Å². The van der Waals surface area contributed by atoms with Crippen molar-refractivity contribution in [2.24, 2.45) is 0 Å². The van der Waals surface area contributed by atoms with Gasteiger partial charge in [-0.2, -0.15) is 0 Å². The van der Waals surface area contributed by atoms with Crippen molar-refractivity contribution in [1.29, 1.82) is 0 Å². The highest BCUT2D eigenvalue weighted by Crippen LogP contribution is 2.16. The molecule has 0 spiro atoms. The van der Waals surface area contributed by atoms with Gasteiger partial charge in [0, 0.05) is 19.3 Å². The number of carbonyl (C=O) groups excluding carboxylic acids is 3. The maximum atomic E-state index is 12.9. The van der Waals surface area contributed by atoms with Crippen LogP contribution in [0.4, 0.5) is 0 Å². The van der Waals surface area contributed by atoms with Crippen LogP contribution in [-0.4, -0.2) is 37.2 Å². The van der Waals surface area contributed by atoms with Crippen molar-refractivity contribution in [2.75, 3.05) is 13.2 Å². The number of hydrogen-bond donors (Lipinski definition) is 0. The van der Waals surface area contributed by atoms with E-state index in [0.717, 1.165) is 135 Å². The highest BCUT2D eigenvalue weighted by molar-refractivity contribution is 5.71. The van der Waals surface area contributed by atoms with Crippen molar-refractivity contribution in [3.05, 3.63) is 122 Å². The average Bonchev–Trinajstić information content (AvgIpc) is 3.44. The van der Waals surface area contributed by atoms with Gasteiger partial charge in [0.2, 0.25) is 0 Å². The molecule has 0 aliphatic rings. The fourth-order valence-electron chi connectivity index (χ4n) is 8.91. The van der Waals surface area contributed by atoms with Gasteiger partial charge in [-0.05, 0) is 109 Å². The normalized spacial score (nSPS) is 12.9. The second kappa shape index (κ2) is 65.3. The van der Waals surface area contributed by atoms with E-state index < -0.39 is 6.10 Å². The summed E-state index contributed by atoms with van der Waals surface area (Å²) in [5.74, 6) is -0.897. The van der Waals surface area contributed by atoms with Gasteiger partial charge in [0.1, 0.15) is 13.2 Å². The number of esters is 3. The van der Waals surface area contributed by atoms with Crippen molar-refractivity contribution in [3.8, 4) is 0 Å². The summed E-state index contributed by atoms with van der Waals surface area (Å²) >= 11 is 0. The minimum Gasteiger partial charge on any atom is -0.462 e. The van der Waals surface area contributed by atoms with Gasteiger partial charge in [-0.1, -0.05) is 290 Å². The first-order valence-corrected chi connectivity index (χ1v) is 32.5. The van der Waals surface area contributed by atoms with E-state index in [4.69, 9.17) is 14.2 Å². The predicted octanol–water partition coefficient (Wildman–Crippen LogP) is 22.4. The van der Waals surface area contributed by atoms with E-state index in [1.54, 1.807) is 0 Å². The van der Waals surface area contributed by atoms with E-state index in [1.165, 1.54) is 122 Å². The van der Waals surface area contributed by atoms with Crippen LogP contribution in [0.25, 0.3) is 0 Å². The van der Waals surface area contributed by atoms with Gasteiger partial charge in [0.05, 0.1) is 0 Å². The van der Waals surface area contributed by atoms with Crippen molar-refractivity contribution in [2.45, 2.75) is 303 Å². The molecule has 1 unspecified atom stereocenters. The second-order valence-corrected chi connectivity index (χ2v) is 21.3. The fourth-order valence-corrected chi connectivity index (χ4v) is 8.91. The molecule has 0 aliphatic carbocycles. The summed E-state index contributed by atoms with van der Waals surface area (Å²) in [6, 6.07) is 0. The lowest BCUT2D eigenvalue weighted by molar-refractivity contribution is -0.167. The molecule has 0 aliphatic heterocycles. The number of unbranched alkanes of at least 4 members (excludes halogenated alkanes) is 27. The van der Waals surface area contributed by atoms with Crippen molar-refractivity contribution in [3.63, 3.8) is 0 Å². The van der Waals surface area contributed by atoms with Crippen LogP contribution in [0.1, 0.15) is 297 Å². The Morgan fingerprint density at radius 2 is 0.500 bits per heavy atom. The predicted molar refractivity (Wildman–Crippen MR) is 339 cm³/mol. The van der Waals surface area contributed by atoms with Gasteiger partial charge in [-0.15, -0.1) is 0 Å². The van der Waals surface area contributed by atoms with E-state index >= 15 is 0 Å². The molecule has 0 aromatic rings. The van der Waals surface area contributed by atoms with Crippen molar-refractivity contribution >= 4 is 17.9 Å². The highest BCUT2D eigenvalue weighted by Gasteiger charge is 2.19. The monoisotopic (exact) mass is 1080 g/mol. The van der Waals surface area contributed by atoms with Gasteiger partial charge in [-0.25, -0.2) is 0 Å². The molecule has 0 heterocycles. The Bertz CT molecular complexity index is 1620. The SMILES string of the molecule is CC/C=C\C/C=C\C/C=C\C/C=C\C/C=C\C/C=C\CCCCCCCCCCCCC(=O)OCC(COC(=O)CCCCCCCCCCCCCC)OC(=O)CCCCCCCC/C=C\C/C=C\C/C=C\C/C=C\CC. The van der Waals surface area contributed by atoms with E-state index in [-0.39, 0.29) is 31.1 Å². The fraction of sp³-hybridized carbons (Fsp3) is 0.681. The maximum absolute atomic E-state index is 12.9. The number of hydrogen-bond acceptors (Lipinski definition) is 6. The summed E-state index contributed by atoms with van der Waals surface area (Å²) in [5.41, 5.74) is 0. The smallest absolute Gasteiger partial charge is 0.306 e. The van der Waals surface area contributed by atoms with E-state index in [2.05, 4.69) is 142 Å². The molecular formula is C72H120O6. The Kier molecular flexibility index (Phi) is 61.8. The highest BCUT2D eigenvalue weighted by atomic mass is 16.6. The van der Waals surface area contributed by atoms with Gasteiger partial charge in [-0.3, -0.25) is 14.4 Å². The molecule has 6 nitrogen and oxygen atoms in total. The molecule has 0 aromatic heterocycles. The summed E-state index contributed by atoms with van der Waals surface area (Å²) in [5, 5.41) is 0. The second-order valence-electron chi connectivity index (χ2n) is 21.3. The molecule has 0 N–H and O–H groups in total. The largest absolute Gasteiger partial charge is 0.462 e. The Morgan fingerprint density at radius 1 is 0.269 bits per heavy atom. The van der Waals surface area contributed by atoms with E-state index in [1.807, 2.05) is 0 Å². The molecule has 0 bridgehead atoms. The summed E-state index contributed by atoms with van der Waals surface area (Å²) in [6.45, 7) is 6.41. The zero-order valence-corrected chi connectivity index (χ0v) is 50.9. The molecule has 0 radical (unpaired) electrons. The summed E-state index contributed by atoms with van der Waals surface area (Å²) < 4.78 is 16.9. The van der Waals surface area contributed by atoms with Crippen LogP contribution in [0.2, 0.25) is 0 Å². The topological polar surface area (TPSA) is 78.9 Å². The third-order valence-corrected chi connectivity index (χ3v) is 13.7. The Balaban J connectivity index is 4.31. The molecule has 0 fully saturated rings. The molecule has 0 aromatic carbocycles. The van der Waals surface area contributed by atoms with Crippen LogP contribution >= 0.6 is 0 Å². The average molecular weight is 1080 g/mol. The summed E-state index contributed by atoms with van der Waals surface area (Å²) in [4.78, 5) is 38.3. The van der Waals surface area contributed by atoms with Crippen LogP contribution < -0.4 is 0 Å².